The lowest BCUT2D eigenvalue weighted by Crippen LogP contribution is -2.33. The van der Waals surface area contributed by atoms with E-state index >= 15 is 0 Å². The maximum atomic E-state index is 12.2. The summed E-state index contributed by atoms with van der Waals surface area (Å²) in [6.07, 6.45) is 5.47. The van der Waals surface area contributed by atoms with E-state index in [0.717, 1.165) is 24.4 Å². The number of rotatable bonds is 6. The molecule has 1 aromatic heterocycles. The summed E-state index contributed by atoms with van der Waals surface area (Å²) in [5.74, 6) is 0. The Morgan fingerprint density at radius 2 is 2.10 bits per heavy atom. The van der Waals surface area contributed by atoms with Crippen molar-refractivity contribution in [2.45, 2.75) is 45.7 Å². The largest absolute Gasteiger partial charge is 0.370 e. The van der Waals surface area contributed by atoms with E-state index in [4.69, 9.17) is 0 Å². The third-order valence-electron chi connectivity index (χ3n) is 3.71. The summed E-state index contributed by atoms with van der Waals surface area (Å²) in [4.78, 5) is 14.4. The van der Waals surface area contributed by atoms with Gasteiger partial charge in [0.2, 0.25) is 0 Å². The maximum absolute atomic E-state index is 12.2. The molecular formula is C16H26N4O. The molecule has 0 spiro atoms. The SMILES string of the molecule is C=C(CNC(C)C)Cn1ncc(N2CCCCC2)cc1=O. The van der Waals surface area contributed by atoms with Crippen LogP contribution in [0, 0.1) is 0 Å². The van der Waals surface area contributed by atoms with Gasteiger partial charge in [-0.2, -0.15) is 5.10 Å². The second-order valence-electron chi connectivity index (χ2n) is 6.04. The van der Waals surface area contributed by atoms with Gasteiger partial charge in [0.15, 0.2) is 0 Å². The molecule has 0 amide bonds. The molecule has 1 saturated heterocycles. The highest BCUT2D eigenvalue weighted by atomic mass is 16.1. The first-order valence-corrected chi connectivity index (χ1v) is 7.78. The minimum Gasteiger partial charge on any atom is -0.370 e. The highest BCUT2D eigenvalue weighted by Crippen LogP contribution is 2.16. The van der Waals surface area contributed by atoms with Crippen molar-refractivity contribution in [1.29, 1.82) is 0 Å². The number of aromatic nitrogens is 2. The highest BCUT2D eigenvalue weighted by Gasteiger charge is 2.12. The van der Waals surface area contributed by atoms with E-state index in [1.807, 2.05) is 0 Å². The summed E-state index contributed by atoms with van der Waals surface area (Å²) in [5, 5.41) is 7.59. The summed E-state index contributed by atoms with van der Waals surface area (Å²) < 4.78 is 1.48. The van der Waals surface area contributed by atoms with Gasteiger partial charge >= 0.3 is 0 Å². The smallest absolute Gasteiger partial charge is 0.269 e. The molecule has 1 aromatic rings. The van der Waals surface area contributed by atoms with Gasteiger partial charge in [0, 0.05) is 31.7 Å². The normalized spacial score (nSPS) is 15.5. The number of nitrogens with zero attached hydrogens (tertiary/aromatic N) is 3. The Labute approximate surface area is 126 Å². The van der Waals surface area contributed by atoms with Crippen molar-refractivity contribution in [3.63, 3.8) is 0 Å². The van der Waals surface area contributed by atoms with Crippen LogP contribution < -0.4 is 15.8 Å². The van der Waals surface area contributed by atoms with Crippen LogP contribution in [-0.2, 0) is 6.54 Å². The van der Waals surface area contributed by atoms with Crippen LogP contribution in [0.1, 0.15) is 33.1 Å². The summed E-state index contributed by atoms with van der Waals surface area (Å²) in [6.45, 7) is 11.4. The van der Waals surface area contributed by atoms with Crippen LogP contribution in [0.3, 0.4) is 0 Å². The molecule has 1 fully saturated rings. The van der Waals surface area contributed by atoms with E-state index in [1.165, 1.54) is 23.9 Å². The van der Waals surface area contributed by atoms with Crippen LogP contribution in [0.2, 0.25) is 0 Å². The lowest BCUT2D eigenvalue weighted by Gasteiger charge is -2.28. The Morgan fingerprint density at radius 3 is 2.71 bits per heavy atom. The average Bonchev–Trinajstić information content (AvgIpc) is 2.48. The van der Waals surface area contributed by atoms with Crippen LogP contribution in [0.25, 0.3) is 0 Å². The first kappa shape index (κ1) is 15.8. The highest BCUT2D eigenvalue weighted by molar-refractivity contribution is 5.43. The predicted octanol–water partition coefficient (Wildman–Crippen LogP) is 1.79. The van der Waals surface area contributed by atoms with Gasteiger partial charge in [-0.05, 0) is 24.8 Å². The monoisotopic (exact) mass is 290 g/mol. The van der Waals surface area contributed by atoms with Crippen molar-refractivity contribution in [3.8, 4) is 0 Å². The van der Waals surface area contributed by atoms with Crippen LogP contribution in [0.5, 0.6) is 0 Å². The van der Waals surface area contributed by atoms with Crippen molar-refractivity contribution in [3.05, 3.63) is 34.8 Å². The standard InChI is InChI=1S/C16H26N4O/c1-13(2)17-10-14(3)12-20-16(21)9-15(11-18-20)19-7-5-4-6-8-19/h9,11,13,17H,3-8,10,12H2,1-2H3. The van der Waals surface area contributed by atoms with Gasteiger partial charge in [0.25, 0.3) is 5.56 Å². The van der Waals surface area contributed by atoms with Gasteiger partial charge in [0.1, 0.15) is 0 Å². The fourth-order valence-electron chi connectivity index (χ4n) is 2.48. The van der Waals surface area contributed by atoms with Gasteiger partial charge in [-0.25, -0.2) is 4.68 Å². The first-order chi connectivity index (χ1) is 10.1. The third-order valence-corrected chi connectivity index (χ3v) is 3.71. The molecule has 0 bridgehead atoms. The molecule has 0 unspecified atom stereocenters. The Balaban J connectivity index is 1.98. The third kappa shape index (κ3) is 4.70. The molecule has 2 rings (SSSR count). The summed E-state index contributed by atoms with van der Waals surface area (Å²) >= 11 is 0. The van der Waals surface area contributed by atoms with Crippen molar-refractivity contribution >= 4 is 5.69 Å². The summed E-state index contributed by atoms with van der Waals surface area (Å²) in [6, 6.07) is 2.11. The molecule has 116 valence electrons. The van der Waals surface area contributed by atoms with Crippen molar-refractivity contribution in [1.82, 2.24) is 15.1 Å². The molecule has 0 atom stereocenters. The van der Waals surface area contributed by atoms with Crippen molar-refractivity contribution < 1.29 is 0 Å². The molecule has 0 radical (unpaired) electrons. The van der Waals surface area contributed by atoms with Crippen LogP contribution >= 0.6 is 0 Å². The summed E-state index contributed by atoms with van der Waals surface area (Å²) in [7, 11) is 0. The molecule has 1 N–H and O–H groups in total. The van der Waals surface area contributed by atoms with Crippen LogP contribution in [-0.4, -0.2) is 35.5 Å². The number of anilines is 1. The molecule has 21 heavy (non-hydrogen) atoms. The number of nitrogens with one attached hydrogen (secondary N) is 1. The maximum Gasteiger partial charge on any atom is 0.269 e. The molecule has 1 aliphatic rings. The predicted molar refractivity (Wildman–Crippen MR) is 86.8 cm³/mol. The first-order valence-electron chi connectivity index (χ1n) is 7.78. The molecule has 1 aliphatic heterocycles. The zero-order chi connectivity index (χ0) is 15.2. The lowest BCUT2D eigenvalue weighted by atomic mass is 10.1. The second kappa shape index (κ2) is 7.41. The van der Waals surface area contributed by atoms with Gasteiger partial charge in [-0.1, -0.05) is 20.4 Å². The average molecular weight is 290 g/mol. The molecular weight excluding hydrogens is 264 g/mol. The van der Waals surface area contributed by atoms with Gasteiger partial charge in [-0.15, -0.1) is 0 Å². The van der Waals surface area contributed by atoms with Crippen LogP contribution in [0.15, 0.2) is 29.2 Å². The van der Waals surface area contributed by atoms with E-state index in [1.54, 1.807) is 12.3 Å². The fourth-order valence-corrected chi connectivity index (χ4v) is 2.48. The Hall–Kier alpha value is -1.62. The van der Waals surface area contributed by atoms with Gasteiger partial charge < -0.3 is 10.2 Å². The summed E-state index contributed by atoms with van der Waals surface area (Å²) in [5.41, 5.74) is 1.86. The zero-order valence-electron chi connectivity index (χ0n) is 13.1. The van der Waals surface area contributed by atoms with Crippen molar-refractivity contribution in [2.24, 2.45) is 0 Å². The van der Waals surface area contributed by atoms with Crippen LogP contribution in [0.4, 0.5) is 5.69 Å². The quantitative estimate of drug-likeness (QED) is 0.812. The van der Waals surface area contributed by atoms with Gasteiger partial charge in [0.05, 0.1) is 18.4 Å². The van der Waals surface area contributed by atoms with E-state index in [-0.39, 0.29) is 5.56 Å². The molecule has 0 aliphatic carbocycles. The minimum atomic E-state index is -0.0521. The topological polar surface area (TPSA) is 50.2 Å². The number of hydrogen-bond donors (Lipinski definition) is 1. The molecule has 0 aromatic carbocycles. The fraction of sp³-hybridized carbons (Fsp3) is 0.625. The van der Waals surface area contributed by atoms with E-state index < -0.39 is 0 Å². The van der Waals surface area contributed by atoms with Crippen molar-refractivity contribution in [2.75, 3.05) is 24.5 Å². The minimum absolute atomic E-state index is 0.0521. The Morgan fingerprint density at radius 1 is 1.38 bits per heavy atom. The Kier molecular flexibility index (Phi) is 5.56. The van der Waals surface area contributed by atoms with E-state index in [0.29, 0.717) is 19.1 Å². The molecule has 5 heteroatoms. The molecule has 5 nitrogen and oxygen atoms in total. The number of piperidine rings is 1. The number of hydrogen-bond acceptors (Lipinski definition) is 4. The van der Waals surface area contributed by atoms with E-state index in [2.05, 4.69) is 35.7 Å². The Bertz CT molecular complexity index is 529. The van der Waals surface area contributed by atoms with E-state index in [9.17, 15) is 4.79 Å². The molecule has 0 saturated carbocycles. The zero-order valence-corrected chi connectivity index (χ0v) is 13.1. The molecule has 2 heterocycles. The van der Waals surface area contributed by atoms with Gasteiger partial charge in [-0.3, -0.25) is 4.79 Å². The second-order valence-corrected chi connectivity index (χ2v) is 6.04. The lowest BCUT2D eigenvalue weighted by molar-refractivity contribution is 0.562.